The first kappa shape index (κ1) is 21.8. The van der Waals surface area contributed by atoms with Crippen LogP contribution in [0.4, 0.5) is 0 Å². The molecule has 3 aromatic carbocycles. The second-order valence-corrected chi connectivity index (χ2v) is 8.64. The highest BCUT2D eigenvalue weighted by molar-refractivity contribution is 6.46. The largest absolute Gasteiger partial charge is 0.508 e. The van der Waals surface area contributed by atoms with E-state index in [2.05, 4.69) is 4.98 Å². The van der Waals surface area contributed by atoms with Crippen molar-refractivity contribution in [2.45, 2.75) is 12.5 Å². The first-order valence-corrected chi connectivity index (χ1v) is 11.2. The zero-order valence-electron chi connectivity index (χ0n) is 18.0. The monoisotopic (exact) mass is 472 g/mol. The molecule has 2 heterocycles. The summed E-state index contributed by atoms with van der Waals surface area (Å²) in [5.41, 5.74) is 3.04. The fourth-order valence-corrected chi connectivity index (χ4v) is 4.58. The van der Waals surface area contributed by atoms with Crippen LogP contribution in [-0.2, 0) is 16.0 Å². The lowest BCUT2D eigenvalue weighted by Gasteiger charge is -2.25. The number of Topliss-reactive ketones (excluding diaryl/α,β-unsaturated/α-hetero) is 1. The number of aromatic nitrogens is 1. The van der Waals surface area contributed by atoms with E-state index >= 15 is 0 Å². The molecule has 34 heavy (non-hydrogen) atoms. The first-order chi connectivity index (χ1) is 16.4. The summed E-state index contributed by atoms with van der Waals surface area (Å²) in [6, 6.07) is 19.8. The smallest absolute Gasteiger partial charge is 0.295 e. The summed E-state index contributed by atoms with van der Waals surface area (Å²) in [6.45, 7) is 0.273. The number of nitrogens with one attached hydrogen (secondary N) is 1. The summed E-state index contributed by atoms with van der Waals surface area (Å²) >= 11 is 5.97. The highest BCUT2D eigenvalue weighted by atomic mass is 35.5. The van der Waals surface area contributed by atoms with Crippen molar-refractivity contribution < 1.29 is 19.8 Å². The average Bonchev–Trinajstić information content (AvgIpc) is 3.37. The van der Waals surface area contributed by atoms with E-state index in [1.807, 2.05) is 30.5 Å². The fraction of sp³-hybridized carbons (Fsp3) is 0.111. The van der Waals surface area contributed by atoms with Gasteiger partial charge < -0.3 is 20.1 Å². The minimum absolute atomic E-state index is 0.0111. The number of benzene rings is 3. The van der Waals surface area contributed by atoms with E-state index in [4.69, 9.17) is 11.6 Å². The van der Waals surface area contributed by atoms with Crippen LogP contribution >= 0.6 is 11.6 Å². The molecule has 1 atom stereocenters. The average molecular weight is 473 g/mol. The molecule has 1 saturated heterocycles. The molecule has 7 heteroatoms. The third kappa shape index (κ3) is 3.82. The molecule has 6 nitrogen and oxygen atoms in total. The minimum atomic E-state index is -0.790. The molecule has 0 spiro atoms. The number of aromatic hydroxyl groups is 1. The minimum Gasteiger partial charge on any atom is -0.508 e. The Bertz CT molecular complexity index is 1420. The molecule has 4 aromatic rings. The second-order valence-electron chi connectivity index (χ2n) is 8.20. The number of halogens is 1. The number of aromatic amines is 1. The molecule has 0 unspecified atom stereocenters. The Balaban J connectivity index is 1.56. The number of carbonyl (C=O) groups is 2. The molecule has 1 aliphatic rings. The van der Waals surface area contributed by atoms with E-state index in [1.165, 1.54) is 17.0 Å². The normalized spacial score (nSPS) is 17.6. The number of phenolic OH excluding ortho intramolecular Hbond substituents is 1. The zero-order valence-corrected chi connectivity index (χ0v) is 18.8. The van der Waals surface area contributed by atoms with Gasteiger partial charge in [0.15, 0.2) is 0 Å². The number of fused-ring (bicyclic) bond motifs is 1. The molecule has 5 rings (SSSR count). The topological polar surface area (TPSA) is 93.6 Å². The number of likely N-dealkylation sites (tertiary alicyclic amines) is 1. The van der Waals surface area contributed by atoms with Crippen molar-refractivity contribution in [3.63, 3.8) is 0 Å². The third-order valence-corrected chi connectivity index (χ3v) is 6.42. The van der Waals surface area contributed by atoms with Gasteiger partial charge in [-0.3, -0.25) is 9.59 Å². The molecule has 1 fully saturated rings. The Morgan fingerprint density at radius 2 is 1.68 bits per heavy atom. The Labute approximate surface area is 200 Å². The maximum Gasteiger partial charge on any atom is 0.295 e. The molecule has 1 aliphatic heterocycles. The number of carbonyl (C=O) groups excluding carboxylic acids is 2. The maximum absolute atomic E-state index is 13.1. The van der Waals surface area contributed by atoms with Gasteiger partial charge in [-0.15, -0.1) is 0 Å². The van der Waals surface area contributed by atoms with Crippen LogP contribution in [0.25, 0.3) is 16.7 Å². The second kappa shape index (κ2) is 8.72. The SMILES string of the molecule is O=C1C(=O)N(CCc2c[nH]c3ccccc23)[C@H](c2ccc(O)cc2)C1=C(O)c1ccc(Cl)cc1. The highest BCUT2D eigenvalue weighted by Crippen LogP contribution is 2.40. The number of aliphatic hydroxyl groups is 1. The standard InChI is InChI=1S/C27H21ClN2O4/c28-19-9-5-17(6-10-19)25(32)23-24(16-7-11-20(31)12-8-16)30(27(34)26(23)33)14-13-18-15-29-22-4-2-1-3-21(18)22/h1-12,15,24,29,31-32H,13-14H2/t24-/m1/s1. The van der Waals surface area contributed by atoms with Gasteiger partial charge in [-0.2, -0.15) is 0 Å². The lowest BCUT2D eigenvalue weighted by molar-refractivity contribution is -0.139. The molecule has 170 valence electrons. The van der Waals surface area contributed by atoms with Gasteiger partial charge in [0.25, 0.3) is 11.7 Å². The summed E-state index contributed by atoms with van der Waals surface area (Å²) in [6.07, 6.45) is 2.43. The molecular weight excluding hydrogens is 452 g/mol. The Morgan fingerprint density at radius 1 is 0.971 bits per heavy atom. The molecule has 1 aromatic heterocycles. The van der Waals surface area contributed by atoms with Crippen molar-refractivity contribution in [3.05, 3.63) is 106 Å². The first-order valence-electron chi connectivity index (χ1n) is 10.8. The summed E-state index contributed by atoms with van der Waals surface area (Å²) in [5, 5.41) is 22.4. The summed E-state index contributed by atoms with van der Waals surface area (Å²) in [5.74, 6) is -1.61. The maximum atomic E-state index is 13.1. The van der Waals surface area contributed by atoms with E-state index in [1.54, 1.807) is 36.4 Å². The quantitative estimate of drug-likeness (QED) is 0.211. The van der Waals surface area contributed by atoms with Gasteiger partial charge in [0.2, 0.25) is 0 Å². The molecular formula is C27H21ClN2O4. The van der Waals surface area contributed by atoms with Crippen LogP contribution in [-0.4, -0.2) is 38.3 Å². The number of para-hydroxylation sites is 1. The number of hydrogen-bond acceptors (Lipinski definition) is 4. The predicted octanol–water partition coefficient (Wildman–Crippen LogP) is 5.19. The molecule has 0 radical (unpaired) electrons. The molecule has 3 N–H and O–H groups in total. The number of hydrogen-bond donors (Lipinski definition) is 3. The molecule has 1 amide bonds. The fourth-order valence-electron chi connectivity index (χ4n) is 4.46. The van der Waals surface area contributed by atoms with Crippen molar-refractivity contribution in [1.82, 2.24) is 9.88 Å². The highest BCUT2D eigenvalue weighted by Gasteiger charge is 2.45. The number of H-pyrrole nitrogens is 1. The van der Waals surface area contributed by atoms with Gasteiger partial charge in [-0.05, 0) is 60.0 Å². The van der Waals surface area contributed by atoms with Crippen LogP contribution in [0.5, 0.6) is 5.75 Å². The van der Waals surface area contributed by atoms with Gasteiger partial charge in [0, 0.05) is 34.2 Å². The molecule has 0 bridgehead atoms. The van der Waals surface area contributed by atoms with Crippen molar-refractivity contribution in [1.29, 1.82) is 0 Å². The van der Waals surface area contributed by atoms with Crippen LogP contribution in [0.2, 0.25) is 5.02 Å². The van der Waals surface area contributed by atoms with E-state index in [0.29, 0.717) is 22.6 Å². The van der Waals surface area contributed by atoms with Crippen LogP contribution in [0.1, 0.15) is 22.7 Å². The number of nitrogens with zero attached hydrogens (tertiary/aromatic N) is 1. The predicted molar refractivity (Wildman–Crippen MR) is 131 cm³/mol. The summed E-state index contributed by atoms with van der Waals surface area (Å²) < 4.78 is 0. The van der Waals surface area contributed by atoms with E-state index in [0.717, 1.165) is 16.5 Å². The molecule has 0 aliphatic carbocycles. The van der Waals surface area contributed by atoms with Crippen molar-refractivity contribution in [3.8, 4) is 5.75 Å². The van der Waals surface area contributed by atoms with E-state index in [9.17, 15) is 19.8 Å². The lowest BCUT2D eigenvalue weighted by atomic mass is 9.95. The van der Waals surface area contributed by atoms with E-state index in [-0.39, 0.29) is 23.6 Å². The van der Waals surface area contributed by atoms with Crippen LogP contribution < -0.4 is 0 Å². The zero-order chi connectivity index (χ0) is 23.8. The van der Waals surface area contributed by atoms with Crippen LogP contribution in [0.15, 0.2) is 84.6 Å². The number of ketones is 1. The van der Waals surface area contributed by atoms with Gasteiger partial charge in [-0.1, -0.05) is 41.9 Å². The lowest BCUT2D eigenvalue weighted by Crippen LogP contribution is -2.31. The third-order valence-electron chi connectivity index (χ3n) is 6.16. The summed E-state index contributed by atoms with van der Waals surface area (Å²) in [4.78, 5) is 31.0. The number of phenols is 1. The van der Waals surface area contributed by atoms with Crippen molar-refractivity contribution >= 4 is 40.0 Å². The summed E-state index contributed by atoms with van der Waals surface area (Å²) in [7, 11) is 0. The van der Waals surface area contributed by atoms with Gasteiger partial charge >= 0.3 is 0 Å². The van der Waals surface area contributed by atoms with Gasteiger partial charge in [-0.25, -0.2) is 0 Å². The van der Waals surface area contributed by atoms with Crippen molar-refractivity contribution in [2.24, 2.45) is 0 Å². The van der Waals surface area contributed by atoms with E-state index < -0.39 is 17.7 Å². The number of aliphatic hydroxyl groups excluding tert-OH is 1. The van der Waals surface area contributed by atoms with Crippen LogP contribution in [0, 0.1) is 0 Å². The van der Waals surface area contributed by atoms with Gasteiger partial charge in [0.05, 0.1) is 11.6 Å². The molecule has 0 saturated carbocycles. The number of amides is 1. The Kier molecular flexibility index (Phi) is 5.59. The Hall–Kier alpha value is -4.03. The van der Waals surface area contributed by atoms with Gasteiger partial charge in [0.1, 0.15) is 11.5 Å². The van der Waals surface area contributed by atoms with Crippen molar-refractivity contribution in [2.75, 3.05) is 6.54 Å². The Morgan fingerprint density at radius 3 is 2.41 bits per heavy atom. The number of rotatable bonds is 5. The van der Waals surface area contributed by atoms with Crippen LogP contribution in [0.3, 0.4) is 0 Å².